The smallest absolute Gasteiger partial charge is 0.119 e. The second-order valence-electron chi connectivity index (χ2n) is 3.58. The zero-order valence-corrected chi connectivity index (χ0v) is 12.4. The van der Waals surface area contributed by atoms with Crippen molar-refractivity contribution < 1.29 is 38.2 Å². The van der Waals surface area contributed by atoms with Crippen molar-refractivity contribution in [2.75, 3.05) is 13.2 Å². The van der Waals surface area contributed by atoms with Crippen LogP contribution in [-0.2, 0) is 13.9 Å². The summed E-state index contributed by atoms with van der Waals surface area (Å²) in [6, 6.07) is 6.09. The summed E-state index contributed by atoms with van der Waals surface area (Å²) < 4.78 is 30.6. The molecular formula is C9H9ClO8P2-4. The minimum absolute atomic E-state index is 0.252. The fraction of sp³-hybridized carbons (Fsp3) is 0.333. The van der Waals surface area contributed by atoms with Crippen LogP contribution in [0.3, 0.4) is 0 Å². The molecule has 0 unspecified atom stereocenters. The first kappa shape index (κ1) is 17.6. The van der Waals surface area contributed by atoms with Gasteiger partial charge in [0, 0.05) is 5.02 Å². The molecule has 0 N–H and O–H groups in total. The van der Waals surface area contributed by atoms with Crippen LogP contribution in [0.15, 0.2) is 24.3 Å². The lowest BCUT2D eigenvalue weighted by Gasteiger charge is -2.48. The van der Waals surface area contributed by atoms with Gasteiger partial charge in [0.25, 0.3) is 0 Å². The average Bonchev–Trinajstić information content (AvgIpc) is 2.27. The van der Waals surface area contributed by atoms with E-state index in [0.717, 1.165) is 0 Å². The van der Waals surface area contributed by atoms with Crippen LogP contribution >= 0.6 is 26.8 Å². The summed E-state index contributed by atoms with van der Waals surface area (Å²) in [6.45, 7) is -0.811. The van der Waals surface area contributed by atoms with Crippen LogP contribution in [-0.4, -0.2) is 18.8 Å². The summed E-state index contributed by atoms with van der Waals surface area (Å²) >= 11 is 5.63. The minimum atomic E-state index is -5.70. The third-order valence-electron chi connectivity index (χ3n) is 1.97. The molecule has 0 radical (unpaired) electrons. The lowest BCUT2D eigenvalue weighted by atomic mass is 10.3. The van der Waals surface area contributed by atoms with Crippen LogP contribution in [0.5, 0.6) is 5.75 Å². The van der Waals surface area contributed by atoms with Crippen molar-refractivity contribution in [2.45, 2.75) is 5.59 Å². The summed E-state index contributed by atoms with van der Waals surface area (Å²) in [5.74, 6) is 0.370. The maximum absolute atomic E-state index is 10.6. The first-order valence-corrected chi connectivity index (χ1v) is 8.74. The second kappa shape index (κ2) is 7.02. The summed E-state index contributed by atoms with van der Waals surface area (Å²) in [4.78, 5) is 42.4. The van der Waals surface area contributed by atoms with Crippen LogP contribution in [0.1, 0.15) is 0 Å². The Hall–Kier alpha value is -0.430. The number of halogens is 1. The Balaban J connectivity index is 2.48. The molecule has 0 amide bonds. The maximum atomic E-state index is 10.6. The molecule has 1 aromatic carbocycles. The highest BCUT2D eigenvalue weighted by Gasteiger charge is 2.17. The van der Waals surface area contributed by atoms with Gasteiger partial charge in [0.1, 0.15) is 17.9 Å². The molecule has 1 rings (SSSR count). The van der Waals surface area contributed by atoms with E-state index in [2.05, 4.69) is 4.74 Å². The van der Waals surface area contributed by atoms with Crippen LogP contribution in [0.4, 0.5) is 0 Å². The van der Waals surface area contributed by atoms with Crippen molar-refractivity contribution in [2.24, 2.45) is 0 Å². The van der Waals surface area contributed by atoms with E-state index in [1.54, 1.807) is 0 Å². The van der Waals surface area contributed by atoms with E-state index in [4.69, 9.17) is 16.3 Å². The quantitative estimate of drug-likeness (QED) is 0.446. The minimum Gasteiger partial charge on any atom is -0.809 e. The molecule has 0 saturated heterocycles. The van der Waals surface area contributed by atoms with Crippen molar-refractivity contribution in [3.8, 4) is 5.75 Å². The molecule has 0 spiro atoms. The lowest BCUT2D eigenvalue weighted by Crippen LogP contribution is -2.36. The highest BCUT2D eigenvalue weighted by molar-refractivity contribution is 7.67. The van der Waals surface area contributed by atoms with E-state index in [-0.39, 0.29) is 6.61 Å². The SMILES string of the molecule is O=P([O-])([O-])C(OCCOc1ccc(Cl)cc1)P(=O)([O-])[O-]. The Labute approximate surface area is 119 Å². The van der Waals surface area contributed by atoms with Crippen LogP contribution in [0.25, 0.3) is 0 Å². The van der Waals surface area contributed by atoms with Crippen LogP contribution in [0.2, 0.25) is 5.02 Å². The number of rotatable bonds is 7. The summed E-state index contributed by atoms with van der Waals surface area (Å²) in [7, 11) is -11.4. The van der Waals surface area contributed by atoms with Crippen molar-refractivity contribution in [3.05, 3.63) is 29.3 Å². The first-order chi connectivity index (χ1) is 9.10. The van der Waals surface area contributed by atoms with Crippen molar-refractivity contribution in [1.82, 2.24) is 0 Å². The number of ether oxygens (including phenoxy) is 2. The fourth-order valence-corrected chi connectivity index (χ4v) is 3.29. The molecule has 0 aromatic heterocycles. The maximum Gasteiger partial charge on any atom is 0.119 e. The molecule has 0 aliphatic carbocycles. The third-order valence-corrected chi connectivity index (χ3v) is 5.30. The van der Waals surface area contributed by atoms with Gasteiger partial charge in [0.2, 0.25) is 0 Å². The molecule has 0 atom stereocenters. The van der Waals surface area contributed by atoms with Gasteiger partial charge < -0.3 is 38.2 Å². The molecule has 0 heterocycles. The van der Waals surface area contributed by atoms with Gasteiger partial charge in [-0.25, -0.2) is 0 Å². The van der Waals surface area contributed by atoms with Gasteiger partial charge in [-0.05, 0) is 39.5 Å². The molecule has 0 saturated carbocycles. The summed E-state index contributed by atoms with van der Waals surface area (Å²) in [5, 5.41) is 0.478. The molecule has 0 aliphatic rings. The van der Waals surface area contributed by atoms with E-state index in [1.807, 2.05) is 0 Å². The van der Waals surface area contributed by atoms with Gasteiger partial charge in [0.15, 0.2) is 0 Å². The Kier molecular flexibility index (Phi) is 6.19. The van der Waals surface area contributed by atoms with Gasteiger partial charge in [-0.3, -0.25) is 0 Å². The Bertz CT molecular complexity index is 499. The predicted octanol–water partition coefficient (Wildman–Crippen LogP) is -1.15. The first-order valence-electron chi connectivity index (χ1n) is 5.14. The van der Waals surface area contributed by atoms with Gasteiger partial charge in [-0.2, -0.15) is 0 Å². The second-order valence-corrected chi connectivity index (χ2v) is 7.52. The monoisotopic (exact) mass is 342 g/mol. The van der Waals surface area contributed by atoms with E-state index in [9.17, 15) is 28.7 Å². The fourth-order valence-electron chi connectivity index (χ4n) is 1.20. The predicted molar refractivity (Wildman–Crippen MR) is 61.9 cm³/mol. The average molecular weight is 343 g/mol. The lowest BCUT2D eigenvalue weighted by molar-refractivity contribution is -0.340. The van der Waals surface area contributed by atoms with E-state index in [1.165, 1.54) is 24.3 Å². The van der Waals surface area contributed by atoms with Crippen molar-refractivity contribution in [3.63, 3.8) is 0 Å². The zero-order valence-electron chi connectivity index (χ0n) is 9.84. The van der Waals surface area contributed by atoms with E-state index < -0.39 is 27.4 Å². The summed E-state index contributed by atoms with van der Waals surface area (Å²) in [5.41, 5.74) is -2.93. The molecule has 20 heavy (non-hydrogen) atoms. The Morgan fingerprint density at radius 1 is 1.00 bits per heavy atom. The highest BCUT2D eigenvalue weighted by Crippen LogP contribution is 2.50. The standard InChI is InChI=1S/C9H13ClO8P2/c10-7-1-3-8(4-2-7)17-5-6-18-9(19(11,12)13)20(14,15)16/h1-4,9H,5-6H2,(H2,11,12,13)(H2,14,15,16)/p-4. The number of benzene rings is 1. The van der Waals surface area contributed by atoms with Gasteiger partial charge in [-0.1, -0.05) is 11.6 Å². The topological polar surface area (TPSA) is 145 Å². The molecular weight excluding hydrogens is 333 g/mol. The number of hydrogen-bond acceptors (Lipinski definition) is 8. The highest BCUT2D eigenvalue weighted by atomic mass is 35.5. The van der Waals surface area contributed by atoms with Crippen LogP contribution < -0.4 is 24.3 Å². The largest absolute Gasteiger partial charge is 0.809 e. The Morgan fingerprint density at radius 3 is 1.95 bits per heavy atom. The van der Waals surface area contributed by atoms with E-state index in [0.29, 0.717) is 10.8 Å². The van der Waals surface area contributed by atoms with Crippen LogP contribution in [0, 0.1) is 0 Å². The molecule has 114 valence electrons. The molecule has 0 aliphatic heterocycles. The zero-order chi connectivity index (χ0) is 15.4. The molecule has 0 fully saturated rings. The molecule has 1 aromatic rings. The molecule has 8 nitrogen and oxygen atoms in total. The number of hydrogen-bond donors (Lipinski definition) is 0. The normalized spacial score (nSPS) is 12.7. The van der Waals surface area contributed by atoms with Gasteiger partial charge in [0.05, 0.1) is 6.61 Å². The Morgan fingerprint density at radius 2 is 1.50 bits per heavy atom. The molecule has 11 heteroatoms. The van der Waals surface area contributed by atoms with Crippen molar-refractivity contribution >= 4 is 26.8 Å². The van der Waals surface area contributed by atoms with Gasteiger partial charge >= 0.3 is 0 Å². The molecule has 0 bridgehead atoms. The van der Waals surface area contributed by atoms with Gasteiger partial charge in [-0.15, -0.1) is 0 Å². The third kappa shape index (κ3) is 5.91. The summed E-state index contributed by atoms with van der Waals surface area (Å²) in [6.07, 6.45) is 0. The van der Waals surface area contributed by atoms with E-state index >= 15 is 0 Å². The van der Waals surface area contributed by atoms with Crippen molar-refractivity contribution in [1.29, 1.82) is 0 Å².